The van der Waals surface area contributed by atoms with Crippen molar-refractivity contribution in [2.24, 2.45) is 11.7 Å². The third-order valence-electron chi connectivity index (χ3n) is 5.30. The summed E-state index contributed by atoms with van der Waals surface area (Å²) in [6.07, 6.45) is 7.11. The Morgan fingerprint density at radius 1 is 1.15 bits per heavy atom. The number of pyridine rings is 1. The molecular formula is C21H28N4O. The molecule has 2 heterocycles. The summed E-state index contributed by atoms with van der Waals surface area (Å²) in [6.45, 7) is 3.46. The standard InChI is InChI=1S/C21H28N4O/c1-24(21(26)19-4-2-18(16-22)3-5-19)13-8-17-9-14-25(15-10-17)20-6-11-23-12-7-20/h2-7,11-12,17H,8-10,13-16,22H2,1H3. The fourth-order valence-electron chi connectivity index (χ4n) is 3.52. The lowest BCUT2D eigenvalue weighted by Crippen LogP contribution is -2.35. The summed E-state index contributed by atoms with van der Waals surface area (Å²) in [5.41, 5.74) is 8.65. The molecule has 0 radical (unpaired) electrons. The molecule has 2 aromatic rings. The van der Waals surface area contributed by atoms with Crippen LogP contribution in [0.4, 0.5) is 5.69 Å². The van der Waals surface area contributed by atoms with Gasteiger partial charge in [0.05, 0.1) is 0 Å². The van der Waals surface area contributed by atoms with Crippen LogP contribution in [0.3, 0.4) is 0 Å². The topological polar surface area (TPSA) is 62.5 Å². The molecule has 26 heavy (non-hydrogen) atoms. The second-order valence-corrected chi connectivity index (χ2v) is 7.05. The van der Waals surface area contributed by atoms with E-state index in [-0.39, 0.29) is 5.91 Å². The van der Waals surface area contributed by atoms with Gasteiger partial charge in [0, 0.05) is 56.9 Å². The van der Waals surface area contributed by atoms with Crippen LogP contribution in [-0.2, 0) is 6.54 Å². The summed E-state index contributed by atoms with van der Waals surface area (Å²) < 4.78 is 0. The van der Waals surface area contributed by atoms with E-state index >= 15 is 0 Å². The predicted octanol–water partition coefficient (Wildman–Crippen LogP) is 2.92. The zero-order chi connectivity index (χ0) is 18.4. The molecule has 5 nitrogen and oxygen atoms in total. The monoisotopic (exact) mass is 352 g/mol. The number of hydrogen-bond acceptors (Lipinski definition) is 4. The van der Waals surface area contributed by atoms with E-state index < -0.39 is 0 Å². The van der Waals surface area contributed by atoms with Gasteiger partial charge < -0.3 is 15.5 Å². The number of carbonyl (C=O) groups is 1. The minimum Gasteiger partial charge on any atom is -0.371 e. The van der Waals surface area contributed by atoms with Gasteiger partial charge in [0.15, 0.2) is 0 Å². The van der Waals surface area contributed by atoms with E-state index in [1.54, 1.807) is 0 Å². The van der Waals surface area contributed by atoms with Crippen LogP contribution in [0.25, 0.3) is 0 Å². The van der Waals surface area contributed by atoms with Gasteiger partial charge in [-0.15, -0.1) is 0 Å². The van der Waals surface area contributed by atoms with Gasteiger partial charge in [-0.25, -0.2) is 0 Å². The number of rotatable bonds is 6. The maximum atomic E-state index is 12.5. The average molecular weight is 352 g/mol. The first-order chi connectivity index (χ1) is 12.7. The molecule has 0 spiro atoms. The van der Waals surface area contributed by atoms with E-state index in [2.05, 4.69) is 22.0 Å². The molecule has 0 saturated carbocycles. The highest BCUT2D eigenvalue weighted by atomic mass is 16.2. The number of benzene rings is 1. The Morgan fingerprint density at radius 2 is 1.81 bits per heavy atom. The number of anilines is 1. The average Bonchev–Trinajstić information content (AvgIpc) is 2.72. The van der Waals surface area contributed by atoms with Gasteiger partial charge in [0.25, 0.3) is 5.91 Å². The largest absolute Gasteiger partial charge is 0.371 e. The van der Waals surface area contributed by atoms with Crippen molar-refractivity contribution in [3.63, 3.8) is 0 Å². The molecule has 0 unspecified atom stereocenters. The lowest BCUT2D eigenvalue weighted by Gasteiger charge is -2.34. The summed E-state index contributed by atoms with van der Waals surface area (Å²) in [5, 5.41) is 0. The Kier molecular flexibility index (Phi) is 6.23. The van der Waals surface area contributed by atoms with Crippen LogP contribution in [0.2, 0.25) is 0 Å². The van der Waals surface area contributed by atoms with Gasteiger partial charge in [-0.1, -0.05) is 12.1 Å². The first-order valence-corrected chi connectivity index (χ1v) is 9.37. The molecule has 0 bridgehead atoms. The molecule has 5 heteroatoms. The van der Waals surface area contributed by atoms with Crippen molar-refractivity contribution in [3.05, 3.63) is 59.9 Å². The maximum Gasteiger partial charge on any atom is 0.253 e. The number of amides is 1. The number of nitrogens with two attached hydrogens (primary N) is 1. The second kappa shape index (κ2) is 8.81. The van der Waals surface area contributed by atoms with Crippen LogP contribution in [0.15, 0.2) is 48.8 Å². The fourth-order valence-corrected chi connectivity index (χ4v) is 3.52. The fraction of sp³-hybridized carbons (Fsp3) is 0.429. The summed E-state index contributed by atoms with van der Waals surface area (Å²) in [6, 6.07) is 11.7. The molecule has 1 amide bonds. The van der Waals surface area contributed by atoms with Gasteiger partial charge in [0.2, 0.25) is 0 Å². The van der Waals surface area contributed by atoms with Crippen LogP contribution in [0, 0.1) is 5.92 Å². The highest BCUT2D eigenvalue weighted by Crippen LogP contribution is 2.25. The van der Waals surface area contributed by atoms with E-state index in [0.29, 0.717) is 12.5 Å². The number of piperidine rings is 1. The number of aromatic nitrogens is 1. The molecule has 138 valence electrons. The minimum absolute atomic E-state index is 0.0859. The molecule has 1 aromatic heterocycles. The van der Waals surface area contributed by atoms with E-state index in [9.17, 15) is 4.79 Å². The Morgan fingerprint density at radius 3 is 2.42 bits per heavy atom. The van der Waals surface area contributed by atoms with Crippen molar-refractivity contribution in [3.8, 4) is 0 Å². The molecule has 2 N–H and O–H groups in total. The van der Waals surface area contributed by atoms with Crippen LogP contribution in [0.1, 0.15) is 35.2 Å². The third-order valence-corrected chi connectivity index (χ3v) is 5.30. The van der Waals surface area contributed by atoms with Gasteiger partial charge in [-0.05, 0) is 55.0 Å². The molecular weight excluding hydrogens is 324 g/mol. The van der Waals surface area contributed by atoms with Crippen molar-refractivity contribution >= 4 is 11.6 Å². The second-order valence-electron chi connectivity index (χ2n) is 7.05. The van der Waals surface area contributed by atoms with Crippen LogP contribution >= 0.6 is 0 Å². The molecule has 1 aromatic carbocycles. The minimum atomic E-state index is 0.0859. The van der Waals surface area contributed by atoms with Crippen molar-refractivity contribution in [1.82, 2.24) is 9.88 Å². The highest BCUT2D eigenvalue weighted by Gasteiger charge is 2.20. The van der Waals surface area contributed by atoms with Crippen molar-refractivity contribution < 1.29 is 4.79 Å². The molecule has 0 atom stereocenters. The van der Waals surface area contributed by atoms with Crippen LogP contribution < -0.4 is 10.6 Å². The first-order valence-electron chi connectivity index (χ1n) is 9.37. The van der Waals surface area contributed by atoms with Crippen LogP contribution in [0.5, 0.6) is 0 Å². The number of nitrogens with zero attached hydrogens (tertiary/aromatic N) is 3. The Labute approximate surface area is 155 Å². The van der Waals surface area contributed by atoms with E-state index in [1.807, 2.05) is 48.6 Å². The van der Waals surface area contributed by atoms with E-state index in [1.165, 1.54) is 18.5 Å². The first kappa shape index (κ1) is 18.4. The maximum absolute atomic E-state index is 12.5. The molecule has 1 aliphatic heterocycles. The molecule has 3 rings (SSSR count). The summed E-state index contributed by atoms with van der Waals surface area (Å²) >= 11 is 0. The molecule has 1 aliphatic rings. The Bertz CT molecular complexity index is 694. The third kappa shape index (κ3) is 4.61. The SMILES string of the molecule is CN(CCC1CCN(c2ccncc2)CC1)C(=O)c1ccc(CN)cc1. The number of carbonyl (C=O) groups excluding carboxylic acids is 1. The summed E-state index contributed by atoms with van der Waals surface area (Å²) in [7, 11) is 1.89. The number of hydrogen-bond donors (Lipinski definition) is 1. The quantitative estimate of drug-likeness (QED) is 0.868. The van der Waals surface area contributed by atoms with E-state index in [4.69, 9.17) is 5.73 Å². The molecule has 0 aliphatic carbocycles. The van der Waals surface area contributed by atoms with Crippen molar-refractivity contribution in [2.45, 2.75) is 25.8 Å². The van der Waals surface area contributed by atoms with Gasteiger partial charge in [-0.3, -0.25) is 9.78 Å². The normalized spacial score (nSPS) is 15.1. The summed E-state index contributed by atoms with van der Waals surface area (Å²) in [5.74, 6) is 0.769. The lowest BCUT2D eigenvalue weighted by molar-refractivity contribution is 0.0785. The highest BCUT2D eigenvalue weighted by molar-refractivity contribution is 5.94. The lowest BCUT2D eigenvalue weighted by atomic mass is 9.93. The smallest absolute Gasteiger partial charge is 0.253 e. The zero-order valence-electron chi connectivity index (χ0n) is 15.5. The van der Waals surface area contributed by atoms with Crippen molar-refractivity contribution in [1.29, 1.82) is 0 Å². The zero-order valence-corrected chi connectivity index (χ0v) is 15.5. The van der Waals surface area contributed by atoms with Crippen molar-refractivity contribution in [2.75, 3.05) is 31.6 Å². The molecule has 1 saturated heterocycles. The van der Waals surface area contributed by atoms with Gasteiger partial charge in [-0.2, -0.15) is 0 Å². The van der Waals surface area contributed by atoms with Crippen LogP contribution in [-0.4, -0.2) is 42.5 Å². The Hall–Kier alpha value is -2.40. The Balaban J connectivity index is 1.44. The van der Waals surface area contributed by atoms with Gasteiger partial charge in [0.1, 0.15) is 0 Å². The predicted molar refractivity (Wildman–Crippen MR) is 105 cm³/mol. The molecule has 1 fully saturated rings. The van der Waals surface area contributed by atoms with Gasteiger partial charge >= 0.3 is 0 Å². The summed E-state index contributed by atoms with van der Waals surface area (Å²) in [4.78, 5) is 20.9. The van der Waals surface area contributed by atoms with E-state index in [0.717, 1.165) is 37.2 Å².